The van der Waals surface area contributed by atoms with E-state index in [0.717, 1.165) is 30.8 Å². The molecule has 1 fully saturated rings. The van der Waals surface area contributed by atoms with Crippen molar-refractivity contribution in [3.8, 4) is 0 Å². The van der Waals surface area contributed by atoms with Crippen LogP contribution in [0.1, 0.15) is 24.0 Å². The molecule has 0 saturated carbocycles. The van der Waals surface area contributed by atoms with E-state index in [2.05, 4.69) is 22.8 Å². The summed E-state index contributed by atoms with van der Waals surface area (Å²) in [6.07, 6.45) is 3.69. The summed E-state index contributed by atoms with van der Waals surface area (Å²) in [4.78, 5) is 11.1. The van der Waals surface area contributed by atoms with Crippen molar-refractivity contribution in [3.63, 3.8) is 0 Å². The molecule has 18 heavy (non-hydrogen) atoms. The zero-order chi connectivity index (χ0) is 12.5. The summed E-state index contributed by atoms with van der Waals surface area (Å²) in [7, 11) is 0. The van der Waals surface area contributed by atoms with E-state index in [1.807, 2.05) is 6.07 Å². The SMILES string of the molecule is O=C1CCC(NC2Cc3ccc(Cl)cc3C2)CN1. The molecule has 1 heterocycles. The molecule has 3 rings (SSSR count). The first-order chi connectivity index (χ1) is 8.70. The van der Waals surface area contributed by atoms with Gasteiger partial charge < -0.3 is 10.6 Å². The lowest BCUT2D eigenvalue weighted by molar-refractivity contribution is -0.122. The Morgan fingerprint density at radius 2 is 2.06 bits per heavy atom. The van der Waals surface area contributed by atoms with E-state index >= 15 is 0 Å². The van der Waals surface area contributed by atoms with Gasteiger partial charge in [-0.1, -0.05) is 17.7 Å². The predicted molar refractivity (Wildman–Crippen MR) is 71.8 cm³/mol. The molecule has 2 atom stereocenters. The van der Waals surface area contributed by atoms with Gasteiger partial charge in [0.25, 0.3) is 0 Å². The Hall–Kier alpha value is -1.06. The van der Waals surface area contributed by atoms with Gasteiger partial charge in [0.2, 0.25) is 5.91 Å². The number of benzene rings is 1. The summed E-state index contributed by atoms with van der Waals surface area (Å²) >= 11 is 6.01. The van der Waals surface area contributed by atoms with Gasteiger partial charge in [-0.25, -0.2) is 0 Å². The van der Waals surface area contributed by atoms with Gasteiger partial charge in [-0.2, -0.15) is 0 Å². The summed E-state index contributed by atoms with van der Waals surface area (Å²) in [5, 5.41) is 7.38. The molecule has 0 bridgehead atoms. The van der Waals surface area contributed by atoms with Crippen LogP contribution < -0.4 is 10.6 Å². The first-order valence-corrected chi connectivity index (χ1v) is 6.88. The zero-order valence-corrected chi connectivity index (χ0v) is 11.0. The normalized spacial score (nSPS) is 26.8. The third kappa shape index (κ3) is 2.52. The Balaban J connectivity index is 1.59. The molecule has 1 aromatic carbocycles. The Morgan fingerprint density at radius 1 is 1.22 bits per heavy atom. The van der Waals surface area contributed by atoms with Gasteiger partial charge >= 0.3 is 0 Å². The first-order valence-electron chi connectivity index (χ1n) is 6.51. The van der Waals surface area contributed by atoms with E-state index in [1.165, 1.54) is 11.1 Å². The Morgan fingerprint density at radius 3 is 2.83 bits per heavy atom. The largest absolute Gasteiger partial charge is 0.355 e. The van der Waals surface area contributed by atoms with Gasteiger partial charge in [0.05, 0.1) is 0 Å². The highest BCUT2D eigenvalue weighted by Crippen LogP contribution is 2.25. The van der Waals surface area contributed by atoms with Crippen molar-refractivity contribution < 1.29 is 4.79 Å². The van der Waals surface area contributed by atoms with E-state index in [9.17, 15) is 4.79 Å². The molecule has 1 amide bonds. The van der Waals surface area contributed by atoms with Crippen LogP contribution in [0, 0.1) is 0 Å². The van der Waals surface area contributed by atoms with Crippen LogP contribution >= 0.6 is 11.6 Å². The summed E-state index contributed by atoms with van der Waals surface area (Å²) in [6, 6.07) is 7.06. The van der Waals surface area contributed by atoms with Crippen LogP contribution in [0.5, 0.6) is 0 Å². The Bertz CT molecular complexity index is 465. The predicted octanol–water partition coefficient (Wildman–Crippen LogP) is 1.68. The van der Waals surface area contributed by atoms with Gasteiger partial charge in [-0.3, -0.25) is 4.79 Å². The molecule has 1 aliphatic heterocycles. The van der Waals surface area contributed by atoms with Crippen LogP contribution in [-0.4, -0.2) is 24.5 Å². The molecule has 0 radical (unpaired) electrons. The number of hydrogen-bond acceptors (Lipinski definition) is 2. The maximum absolute atomic E-state index is 11.1. The molecule has 1 saturated heterocycles. The van der Waals surface area contributed by atoms with Crippen LogP contribution in [0.4, 0.5) is 0 Å². The van der Waals surface area contributed by atoms with E-state index < -0.39 is 0 Å². The van der Waals surface area contributed by atoms with Crippen molar-refractivity contribution in [2.24, 2.45) is 0 Å². The molecular weight excluding hydrogens is 248 g/mol. The van der Waals surface area contributed by atoms with Gasteiger partial charge in [0, 0.05) is 30.1 Å². The molecule has 0 aromatic heterocycles. The smallest absolute Gasteiger partial charge is 0.220 e. The lowest BCUT2D eigenvalue weighted by Crippen LogP contribution is -2.49. The highest BCUT2D eigenvalue weighted by atomic mass is 35.5. The monoisotopic (exact) mass is 264 g/mol. The number of carbonyl (C=O) groups is 1. The zero-order valence-electron chi connectivity index (χ0n) is 10.2. The van der Waals surface area contributed by atoms with Gasteiger partial charge in [-0.05, 0) is 42.5 Å². The fraction of sp³-hybridized carbons (Fsp3) is 0.500. The highest BCUT2D eigenvalue weighted by molar-refractivity contribution is 6.30. The average Bonchev–Trinajstić information content (AvgIpc) is 2.73. The number of fused-ring (bicyclic) bond motifs is 1. The van der Waals surface area contributed by atoms with E-state index in [4.69, 9.17) is 11.6 Å². The van der Waals surface area contributed by atoms with Crippen molar-refractivity contribution >= 4 is 17.5 Å². The first kappa shape index (κ1) is 12.0. The van der Waals surface area contributed by atoms with Crippen molar-refractivity contribution in [3.05, 3.63) is 34.3 Å². The van der Waals surface area contributed by atoms with Crippen LogP contribution in [0.15, 0.2) is 18.2 Å². The second-order valence-electron chi connectivity index (χ2n) is 5.22. The number of halogens is 1. The molecule has 2 aliphatic rings. The second-order valence-corrected chi connectivity index (χ2v) is 5.66. The number of carbonyl (C=O) groups excluding carboxylic acids is 1. The van der Waals surface area contributed by atoms with E-state index in [-0.39, 0.29) is 5.91 Å². The summed E-state index contributed by atoms with van der Waals surface area (Å²) in [5.41, 5.74) is 2.76. The quantitative estimate of drug-likeness (QED) is 0.853. The molecule has 96 valence electrons. The van der Waals surface area contributed by atoms with E-state index in [1.54, 1.807) is 0 Å². The van der Waals surface area contributed by atoms with Crippen LogP contribution in [0.2, 0.25) is 5.02 Å². The lowest BCUT2D eigenvalue weighted by Gasteiger charge is -2.26. The lowest BCUT2D eigenvalue weighted by atomic mass is 10.1. The summed E-state index contributed by atoms with van der Waals surface area (Å²) < 4.78 is 0. The van der Waals surface area contributed by atoms with E-state index in [0.29, 0.717) is 18.5 Å². The van der Waals surface area contributed by atoms with Gasteiger partial charge in [-0.15, -0.1) is 0 Å². The highest BCUT2D eigenvalue weighted by Gasteiger charge is 2.25. The van der Waals surface area contributed by atoms with Crippen LogP contribution in [0.3, 0.4) is 0 Å². The maximum atomic E-state index is 11.1. The summed E-state index contributed by atoms with van der Waals surface area (Å²) in [5.74, 6) is 0.175. The van der Waals surface area contributed by atoms with Crippen LogP contribution in [-0.2, 0) is 17.6 Å². The molecule has 0 spiro atoms. The second kappa shape index (κ2) is 4.90. The minimum absolute atomic E-state index is 0.175. The standard InChI is InChI=1S/C14H17ClN2O/c15-11-2-1-9-6-13(7-10(9)5-11)17-12-3-4-14(18)16-8-12/h1-2,5,12-13,17H,3-4,6-8H2,(H,16,18). The Kier molecular flexibility index (Phi) is 3.27. The molecule has 1 aromatic rings. The Labute approximate surface area is 112 Å². The molecule has 2 N–H and O–H groups in total. The molecule has 3 nitrogen and oxygen atoms in total. The molecule has 1 aliphatic carbocycles. The molecular formula is C14H17ClN2O. The number of amides is 1. The average molecular weight is 265 g/mol. The maximum Gasteiger partial charge on any atom is 0.220 e. The van der Waals surface area contributed by atoms with Crippen molar-refractivity contribution in [2.45, 2.75) is 37.8 Å². The van der Waals surface area contributed by atoms with Crippen molar-refractivity contribution in [1.82, 2.24) is 10.6 Å². The number of hydrogen-bond donors (Lipinski definition) is 2. The third-order valence-electron chi connectivity index (χ3n) is 3.84. The van der Waals surface area contributed by atoms with Crippen molar-refractivity contribution in [2.75, 3.05) is 6.54 Å². The fourth-order valence-corrected chi connectivity index (χ4v) is 3.11. The minimum atomic E-state index is 0.175. The topological polar surface area (TPSA) is 41.1 Å². The van der Waals surface area contributed by atoms with Gasteiger partial charge in [0.15, 0.2) is 0 Å². The summed E-state index contributed by atoms with van der Waals surface area (Å²) in [6.45, 7) is 0.756. The minimum Gasteiger partial charge on any atom is -0.355 e. The number of rotatable bonds is 2. The third-order valence-corrected chi connectivity index (χ3v) is 4.07. The number of nitrogens with one attached hydrogen (secondary N) is 2. The van der Waals surface area contributed by atoms with Crippen LogP contribution in [0.25, 0.3) is 0 Å². The molecule has 2 unspecified atom stereocenters. The molecule has 4 heteroatoms. The van der Waals surface area contributed by atoms with Gasteiger partial charge in [0.1, 0.15) is 0 Å². The fourth-order valence-electron chi connectivity index (χ4n) is 2.91. The number of piperidine rings is 1. The van der Waals surface area contributed by atoms with Crippen molar-refractivity contribution in [1.29, 1.82) is 0 Å².